The minimum atomic E-state index is -2.08. The maximum atomic E-state index is 10.1. The second-order valence-corrected chi connectivity index (χ2v) is 2.77. The van der Waals surface area contributed by atoms with E-state index in [1.165, 1.54) is 0 Å². The predicted octanol–water partition coefficient (Wildman–Crippen LogP) is -2.63. The molecule has 0 saturated heterocycles. The Bertz CT molecular complexity index is 250. The predicted molar refractivity (Wildman–Crippen MR) is 33.9 cm³/mol. The molecule has 1 unspecified atom stereocenters. The van der Waals surface area contributed by atoms with Gasteiger partial charge in [0.15, 0.2) is 0 Å². The van der Waals surface area contributed by atoms with Gasteiger partial charge in [-0.2, -0.15) is 0 Å². The van der Waals surface area contributed by atoms with Crippen molar-refractivity contribution in [1.82, 2.24) is 5.16 Å². The van der Waals surface area contributed by atoms with Gasteiger partial charge in [0.2, 0.25) is 0 Å². The minimum absolute atomic E-state index is 0. The Hall–Kier alpha value is 0.320. The quantitative estimate of drug-likeness (QED) is 0.371. The molecule has 4 nitrogen and oxygen atoms in total. The SMILES string of the molecule is Cc1cc(CS(=O)[O-])no1.[Na+]. The molecule has 6 heteroatoms. The van der Waals surface area contributed by atoms with Gasteiger partial charge in [-0.3, -0.25) is 4.21 Å². The summed E-state index contributed by atoms with van der Waals surface area (Å²) >= 11 is -2.08. The minimum Gasteiger partial charge on any atom is -0.772 e. The fraction of sp³-hybridized carbons (Fsp3) is 0.400. The van der Waals surface area contributed by atoms with Gasteiger partial charge in [0.1, 0.15) is 5.76 Å². The molecule has 56 valence electrons. The summed E-state index contributed by atoms with van der Waals surface area (Å²) in [6.45, 7) is 1.71. The molecular formula is C5H6NNaO3S. The van der Waals surface area contributed by atoms with E-state index in [1.54, 1.807) is 13.0 Å². The molecule has 0 saturated carbocycles. The fourth-order valence-electron chi connectivity index (χ4n) is 0.607. The van der Waals surface area contributed by atoms with Crippen molar-refractivity contribution in [2.24, 2.45) is 0 Å². The van der Waals surface area contributed by atoms with Gasteiger partial charge in [0, 0.05) is 6.07 Å². The van der Waals surface area contributed by atoms with E-state index in [-0.39, 0.29) is 35.3 Å². The summed E-state index contributed by atoms with van der Waals surface area (Å²) in [4.78, 5) is 0. The first-order chi connectivity index (χ1) is 4.68. The standard InChI is InChI=1S/C5H7NO3S.Na/c1-4-2-5(6-9-4)3-10(7)8;/h2H,3H2,1H3,(H,7,8);/q;+1/p-1. The molecule has 1 aromatic rings. The van der Waals surface area contributed by atoms with Crippen LogP contribution in [-0.4, -0.2) is 13.9 Å². The molecule has 0 aliphatic carbocycles. The summed E-state index contributed by atoms with van der Waals surface area (Å²) in [5.41, 5.74) is 0.450. The second kappa shape index (κ2) is 5.05. The number of hydrogen-bond donors (Lipinski definition) is 0. The van der Waals surface area contributed by atoms with Crippen molar-refractivity contribution in [3.05, 3.63) is 17.5 Å². The van der Waals surface area contributed by atoms with Crippen molar-refractivity contribution in [2.75, 3.05) is 0 Å². The second-order valence-electron chi connectivity index (χ2n) is 1.88. The van der Waals surface area contributed by atoms with Gasteiger partial charge in [0.25, 0.3) is 0 Å². The maximum Gasteiger partial charge on any atom is 1.00 e. The molecule has 1 rings (SSSR count). The van der Waals surface area contributed by atoms with E-state index in [0.29, 0.717) is 11.5 Å². The van der Waals surface area contributed by atoms with Gasteiger partial charge in [-0.15, -0.1) is 0 Å². The zero-order valence-electron chi connectivity index (χ0n) is 6.36. The van der Waals surface area contributed by atoms with E-state index in [4.69, 9.17) is 0 Å². The Balaban J connectivity index is 0.000001000. The van der Waals surface area contributed by atoms with Crippen LogP contribution in [0.3, 0.4) is 0 Å². The summed E-state index contributed by atoms with van der Waals surface area (Å²) in [6, 6.07) is 1.59. The molecule has 0 amide bonds. The van der Waals surface area contributed by atoms with E-state index in [0.717, 1.165) is 0 Å². The zero-order chi connectivity index (χ0) is 7.56. The molecule has 1 heterocycles. The van der Waals surface area contributed by atoms with Crippen molar-refractivity contribution in [3.8, 4) is 0 Å². The molecule has 0 N–H and O–H groups in total. The first-order valence-electron chi connectivity index (χ1n) is 2.66. The summed E-state index contributed by atoms with van der Waals surface area (Å²) in [5.74, 6) is 0.553. The molecule has 0 fully saturated rings. The summed E-state index contributed by atoms with van der Waals surface area (Å²) in [7, 11) is 0. The van der Waals surface area contributed by atoms with Crippen LogP contribution >= 0.6 is 0 Å². The van der Waals surface area contributed by atoms with Crippen LogP contribution in [0.5, 0.6) is 0 Å². The van der Waals surface area contributed by atoms with Crippen LogP contribution in [0.25, 0.3) is 0 Å². The number of aromatic nitrogens is 1. The van der Waals surface area contributed by atoms with Crippen LogP contribution in [0, 0.1) is 6.92 Å². The first kappa shape index (κ1) is 11.3. The van der Waals surface area contributed by atoms with Crippen LogP contribution in [0.2, 0.25) is 0 Å². The summed E-state index contributed by atoms with van der Waals surface area (Å²) in [6.07, 6.45) is 0. The Kier molecular flexibility index (Phi) is 5.20. The van der Waals surface area contributed by atoms with E-state index in [2.05, 4.69) is 9.68 Å². The summed E-state index contributed by atoms with van der Waals surface area (Å²) in [5, 5.41) is 3.49. The average Bonchev–Trinajstić information content (AvgIpc) is 2.13. The molecule has 1 atom stereocenters. The Morgan fingerprint density at radius 3 is 2.82 bits per heavy atom. The van der Waals surface area contributed by atoms with Crippen LogP contribution in [0.4, 0.5) is 0 Å². The van der Waals surface area contributed by atoms with Gasteiger partial charge < -0.3 is 9.08 Å². The average molecular weight is 183 g/mol. The number of aryl methyl sites for hydroxylation is 1. The molecular weight excluding hydrogens is 177 g/mol. The van der Waals surface area contributed by atoms with Crippen LogP contribution in [-0.2, 0) is 16.8 Å². The van der Waals surface area contributed by atoms with E-state index >= 15 is 0 Å². The van der Waals surface area contributed by atoms with E-state index in [9.17, 15) is 8.76 Å². The smallest absolute Gasteiger partial charge is 0.772 e. The molecule has 0 aromatic carbocycles. The number of nitrogens with zero attached hydrogens (tertiary/aromatic N) is 1. The van der Waals surface area contributed by atoms with E-state index < -0.39 is 11.1 Å². The number of rotatable bonds is 2. The third kappa shape index (κ3) is 4.03. The van der Waals surface area contributed by atoms with Gasteiger partial charge in [0.05, 0.1) is 11.4 Å². The largest absolute Gasteiger partial charge is 1.00 e. The van der Waals surface area contributed by atoms with Crippen molar-refractivity contribution >= 4 is 11.1 Å². The Morgan fingerprint density at radius 1 is 1.82 bits per heavy atom. The van der Waals surface area contributed by atoms with Crippen LogP contribution in [0.1, 0.15) is 11.5 Å². The summed E-state index contributed by atoms with van der Waals surface area (Å²) < 4.78 is 24.8. The third-order valence-electron chi connectivity index (χ3n) is 0.942. The maximum absolute atomic E-state index is 10.1. The van der Waals surface area contributed by atoms with E-state index in [1.807, 2.05) is 0 Å². The normalized spacial score (nSPS) is 12.2. The van der Waals surface area contributed by atoms with Crippen LogP contribution in [0.15, 0.2) is 10.6 Å². The molecule has 11 heavy (non-hydrogen) atoms. The van der Waals surface area contributed by atoms with Gasteiger partial charge in [-0.1, -0.05) is 5.16 Å². The molecule has 1 aromatic heterocycles. The van der Waals surface area contributed by atoms with Gasteiger partial charge in [-0.25, -0.2) is 0 Å². The number of hydrogen-bond acceptors (Lipinski definition) is 4. The monoisotopic (exact) mass is 183 g/mol. The van der Waals surface area contributed by atoms with Crippen molar-refractivity contribution < 1.29 is 42.8 Å². The van der Waals surface area contributed by atoms with Gasteiger partial charge in [-0.05, 0) is 18.0 Å². The molecule has 0 radical (unpaired) electrons. The topological polar surface area (TPSA) is 66.2 Å². The zero-order valence-corrected chi connectivity index (χ0v) is 9.18. The fourth-order valence-corrected chi connectivity index (χ4v) is 0.984. The van der Waals surface area contributed by atoms with Crippen molar-refractivity contribution in [2.45, 2.75) is 12.7 Å². The van der Waals surface area contributed by atoms with Gasteiger partial charge >= 0.3 is 29.6 Å². The molecule has 0 spiro atoms. The third-order valence-corrected chi connectivity index (χ3v) is 1.47. The Morgan fingerprint density at radius 2 is 2.45 bits per heavy atom. The molecule has 0 aliphatic rings. The van der Waals surface area contributed by atoms with Crippen LogP contribution < -0.4 is 29.6 Å². The van der Waals surface area contributed by atoms with Crippen molar-refractivity contribution in [1.29, 1.82) is 0 Å². The molecule has 0 bridgehead atoms. The molecule has 0 aliphatic heterocycles. The first-order valence-corrected chi connectivity index (χ1v) is 3.91. The van der Waals surface area contributed by atoms with Crippen molar-refractivity contribution in [3.63, 3.8) is 0 Å². The Labute approximate surface area is 88.9 Å².